The summed E-state index contributed by atoms with van der Waals surface area (Å²) < 4.78 is 1.20. The number of hydrogen-bond donors (Lipinski definition) is 2. The molecule has 0 radical (unpaired) electrons. The van der Waals surface area contributed by atoms with Crippen LogP contribution in [0.25, 0.3) is 11.1 Å². The molecule has 5 heteroatoms. The molecule has 2 N–H and O–H groups in total. The predicted octanol–water partition coefficient (Wildman–Crippen LogP) is 1.96. The second kappa shape index (κ2) is 5.00. The van der Waals surface area contributed by atoms with Gasteiger partial charge in [-0.2, -0.15) is 0 Å². The van der Waals surface area contributed by atoms with Gasteiger partial charge in [-0.15, -0.1) is 0 Å². The Morgan fingerprint density at radius 2 is 1.75 bits per heavy atom. The van der Waals surface area contributed by atoms with Gasteiger partial charge in [0.05, 0.1) is 0 Å². The van der Waals surface area contributed by atoms with E-state index < -0.39 is 11.2 Å². The standard InChI is InChI=1S/C15H18N2O3/c1-15(2,3)9-17-13(19)11(12(18)16-14(17)20)10-7-5-4-6-8-10/h4-8,19H,9H2,1-3H3,(H,16,18,20). The van der Waals surface area contributed by atoms with Crippen molar-refractivity contribution in [3.05, 3.63) is 51.2 Å². The minimum Gasteiger partial charge on any atom is -0.494 e. The Hall–Kier alpha value is -2.30. The minimum atomic E-state index is -0.595. The lowest BCUT2D eigenvalue weighted by molar-refractivity contribution is 0.301. The van der Waals surface area contributed by atoms with Crippen molar-refractivity contribution in [1.29, 1.82) is 0 Å². The lowest BCUT2D eigenvalue weighted by Gasteiger charge is -2.21. The van der Waals surface area contributed by atoms with Gasteiger partial charge in [0.2, 0.25) is 5.88 Å². The molecular weight excluding hydrogens is 256 g/mol. The smallest absolute Gasteiger partial charge is 0.331 e. The summed E-state index contributed by atoms with van der Waals surface area (Å²) in [6, 6.07) is 8.80. The van der Waals surface area contributed by atoms with Crippen LogP contribution >= 0.6 is 0 Å². The van der Waals surface area contributed by atoms with Crippen LogP contribution in [0.3, 0.4) is 0 Å². The Bertz CT molecular complexity index is 722. The van der Waals surface area contributed by atoms with Crippen LogP contribution in [-0.4, -0.2) is 14.7 Å². The van der Waals surface area contributed by atoms with Gasteiger partial charge in [-0.25, -0.2) is 4.79 Å². The van der Waals surface area contributed by atoms with Crippen molar-refractivity contribution in [3.63, 3.8) is 0 Å². The fourth-order valence-electron chi connectivity index (χ4n) is 2.05. The van der Waals surface area contributed by atoms with Crippen LogP contribution in [-0.2, 0) is 6.54 Å². The SMILES string of the molecule is CC(C)(C)Cn1c(O)c(-c2ccccc2)c(=O)[nH]c1=O. The summed E-state index contributed by atoms with van der Waals surface area (Å²) in [6.45, 7) is 6.17. The molecule has 2 aromatic rings. The van der Waals surface area contributed by atoms with E-state index in [4.69, 9.17) is 0 Å². The maximum atomic E-state index is 12.0. The van der Waals surface area contributed by atoms with Gasteiger partial charge < -0.3 is 5.11 Å². The quantitative estimate of drug-likeness (QED) is 0.879. The maximum absolute atomic E-state index is 12.0. The molecule has 1 aromatic carbocycles. The Morgan fingerprint density at radius 3 is 2.30 bits per heavy atom. The van der Waals surface area contributed by atoms with Crippen molar-refractivity contribution in [2.24, 2.45) is 5.41 Å². The second-order valence-corrected chi connectivity index (χ2v) is 5.97. The number of benzene rings is 1. The number of aromatic amines is 1. The first-order valence-electron chi connectivity index (χ1n) is 6.41. The summed E-state index contributed by atoms with van der Waals surface area (Å²) in [5, 5.41) is 10.3. The molecule has 0 saturated carbocycles. The van der Waals surface area contributed by atoms with Gasteiger partial charge in [-0.1, -0.05) is 51.1 Å². The van der Waals surface area contributed by atoms with Crippen LogP contribution in [0.2, 0.25) is 0 Å². The van der Waals surface area contributed by atoms with Crippen LogP contribution in [0.5, 0.6) is 5.88 Å². The Morgan fingerprint density at radius 1 is 1.15 bits per heavy atom. The first-order valence-corrected chi connectivity index (χ1v) is 6.41. The topological polar surface area (TPSA) is 75.1 Å². The van der Waals surface area contributed by atoms with E-state index in [2.05, 4.69) is 4.98 Å². The van der Waals surface area contributed by atoms with E-state index in [0.29, 0.717) is 12.1 Å². The molecule has 106 valence electrons. The van der Waals surface area contributed by atoms with Crippen molar-refractivity contribution in [2.75, 3.05) is 0 Å². The minimum absolute atomic E-state index is 0.120. The van der Waals surface area contributed by atoms with Crippen LogP contribution in [0, 0.1) is 5.41 Å². The van der Waals surface area contributed by atoms with Crippen LogP contribution in [0.4, 0.5) is 0 Å². The molecule has 2 rings (SSSR count). The van der Waals surface area contributed by atoms with Gasteiger partial charge in [-0.3, -0.25) is 14.3 Å². The van der Waals surface area contributed by atoms with E-state index in [1.165, 1.54) is 4.57 Å². The number of nitrogens with one attached hydrogen (secondary N) is 1. The molecule has 1 aromatic heterocycles. The molecule has 20 heavy (non-hydrogen) atoms. The highest BCUT2D eigenvalue weighted by atomic mass is 16.3. The average Bonchev–Trinajstić information content (AvgIpc) is 2.34. The number of rotatable bonds is 2. The van der Waals surface area contributed by atoms with E-state index in [9.17, 15) is 14.7 Å². The van der Waals surface area contributed by atoms with Crippen molar-refractivity contribution >= 4 is 0 Å². The zero-order chi connectivity index (χ0) is 14.9. The van der Waals surface area contributed by atoms with Crippen molar-refractivity contribution < 1.29 is 5.11 Å². The molecule has 0 aliphatic carbocycles. The van der Waals surface area contributed by atoms with Gasteiger partial charge in [0.15, 0.2) is 0 Å². The molecule has 5 nitrogen and oxygen atoms in total. The third-order valence-corrected chi connectivity index (χ3v) is 2.87. The third kappa shape index (κ3) is 2.82. The first kappa shape index (κ1) is 14.1. The average molecular weight is 274 g/mol. The summed E-state index contributed by atoms with van der Waals surface area (Å²) in [4.78, 5) is 26.1. The van der Waals surface area contributed by atoms with E-state index in [1.54, 1.807) is 24.3 Å². The van der Waals surface area contributed by atoms with E-state index in [-0.39, 0.29) is 16.9 Å². The molecule has 0 bridgehead atoms. The normalized spacial score (nSPS) is 11.6. The third-order valence-electron chi connectivity index (χ3n) is 2.87. The fourth-order valence-corrected chi connectivity index (χ4v) is 2.05. The highest BCUT2D eigenvalue weighted by Gasteiger charge is 2.20. The molecule has 0 aliphatic rings. The van der Waals surface area contributed by atoms with Crippen LogP contribution in [0.1, 0.15) is 20.8 Å². The van der Waals surface area contributed by atoms with Crippen molar-refractivity contribution in [2.45, 2.75) is 27.3 Å². The zero-order valence-electron chi connectivity index (χ0n) is 11.8. The monoisotopic (exact) mass is 274 g/mol. The molecule has 0 atom stereocenters. The Balaban J connectivity index is 2.69. The van der Waals surface area contributed by atoms with Gasteiger partial charge in [0, 0.05) is 6.54 Å². The van der Waals surface area contributed by atoms with Crippen LogP contribution in [0.15, 0.2) is 39.9 Å². The summed E-state index contributed by atoms with van der Waals surface area (Å²) in [6.07, 6.45) is 0. The largest absolute Gasteiger partial charge is 0.494 e. The van der Waals surface area contributed by atoms with E-state index >= 15 is 0 Å². The number of H-pyrrole nitrogens is 1. The van der Waals surface area contributed by atoms with Crippen molar-refractivity contribution in [3.8, 4) is 17.0 Å². The summed E-state index contributed by atoms with van der Waals surface area (Å²) >= 11 is 0. The van der Waals surface area contributed by atoms with Crippen LogP contribution < -0.4 is 11.2 Å². The molecular formula is C15H18N2O3. The predicted molar refractivity (Wildman–Crippen MR) is 77.9 cm³/mol. The first-order chi connectivity index (χ1) is 9.29. The lowest BCUT2D eigenvalue weighted by Crippen LogP contribution is -2.34. The molecule has 0 amide bonds. The molecule has 0 aliphatic heterocycles. The molecule has 1 heterocycles. The summed E-state index contributed by atoms with van der Waals surface area (Å²) in [7, 11) is 0. The highest BCUT2D eigenvalue weighted by molar-refractivity contribution is 5.67. The van der Waals surface area contributed by atoms with E-state index in [0.717, 1.165) is 0 Å². The molecule has 0 unspecified atom stereocenters. The fraction of sp³-hybridized carbons (Fsp3) is 0.333. The van der Waals surface area contributed by atoms with Crippen molar-refractivity contribution in [1.82, 2.24) is 9.55 Å². The second-order valence-electron chi connectivity index (χ2n) is 5.97. The molecule has 0 fully saturated rings. The van der Waals surface area contributed by atoms with Gasteiger partial charge >= 0.3 is 5.69 Å². The summed E-state index contributed by atoms with van der Waals surface area (Å²) in [5.74, 6) is -0.292. The number of nitrogens with zero attached hydrogens (tertiary/aromatic N) is 1. The molecule has 0 saturated heterocycles. The Kier molecular flexibility index (Phi) is 3.53. The number of aromatic hydroxyl groups is 1. The zero-order valence-corrected chi connectivity index (χ0v) is 11.8. The Labute approximate surface area is 116 Å². The lowest BCUT2D eigenvalue weighted by atomic mass is 9.96. The van der Waals surface area contributed by atoms with Gasteiger partial charge in [-0.05, 0) is 11.0 Å². The van der Waals surface area contributed by atoms with Gasteiger partial charge in [0.25, 0.3) is 5.56 Å². The molecule has 0 spiro atoms. The number of hydrogen-bond acceptors (Lipinski definition) is 3. The summed E-state index contributed by atoms with van der Waals surface area (Å²) in [5.41, 5.74) is -0.678. The number of aromatic nitrogens is 2. The van der Waals surface area contributed by atoms with E-state index in [1.807, 2.05) is 26.8 Å². The highest BCUT2D eigenvalue weighted by Crippen LogP contribution is 2.26. The maximum Gasteiger partial charge on any atom is 0.331 e. The van der Waals surface area contributed by atoms with Gasteiger partial charge in [0.1, 0.15) is 5.56 Å².